The fraction of sp³-hybridized carbons (Fsp3) is 0. The van der Waals surface area contributed by atoms with Gasteiger partial charge in [0, 0.05) is 23.1 Å². The number of carbonyl (C=O) groups excluding carboxylic acids is 1. The van der Waals surface area contributed by atoms with Crippen molar-refractivity contribution in [2.75, 3.05) is 5.32 Å². The van der Waals surface area contributed by atoms with Gasteiger partial charge in [-0.05, 0) is 30.3 Å². The van der Waals surface area contributed by atoms with E-state index in [-0.39, 0.29) is 6.03 Å². The van der Waals surface area contributed by atoms with Gasteiger partial charge in [0.25, 0.3) is 0 Å². The van der Waals surface area contributed by atoms with E-state index in [0.717, 1.165) is 0 Å². The standard InChI is InChI=1S/C10H8ClN3O/c11-8-2-4-9(5-3-8)13-10(15)14-7-1-6-12-14/h1-7H,(H,13,15). The first-order valence-electron chi connectivity index (χ1n) is 4.32. The van der Waals surface area contributed by atoms with E-state index >= 15 is 0 Å². The number of benzene rings is 1. The van der Waals surface area contributed by atoms with Crippen molar-refractivity contribution >= 4 is 23.3 Å². The number of aromatic nitrogens is 2. The molecule has 2 rings (SSSR count). The minimum Gasteiger partial charge on any atom is -0.306 e. The lowest BCUT2D eigenvalue weighted by Gasteiger charge is -2.04. The van der Waals surface area contributed by atoms with Crippen molar-refractivity contribution in [1.29, 1.82) is 0 Å². The molecule has 0 saturated heterocycles. The van der Waals surface area contributed by atoms with E-state index in [9.17, 15) is 4.79 Å². The third-order valence-electron chi connectivity index (χ3n) is 1.81. The number of nitrogens with zero attached hydrogens (tertiary/aromatic N) is 2. The summed E-state index contributed by atoms with van der Waals surface area (Å²) in [6.45, 7) is 0. The predicted molar refractivity (Wildman–Crippen MR) is 58.1 cm³/mol. The summed E-state index contributed by atoms with van der Waals surface area (Å²) in [5.41, 5.74) is 0.680. The van der Waals surface area contributed by atoms with Crippen molar-refractivity contribution < 1.29 is 4.79 Å². The van der Waals surface area contributed by atoms with Gasteiger partial charge in [0.05, 0.1) is 0 Å². The number of anilines is 1. The molecule has 0 unspecified atom stereocenters. The Morgan fingerprint density at radius 2 is 2.07 bits per heavy atom. The van der Waals surface area contributed by atoms with Crippen LogP contribution in [0, 0.1) is 0 Å². The van der Waals surface area contributed by atoms with Crippen LogP contribution in [0.2, 0.25) is 5.02 Å². The minimum absolute atomic E-state index is 0.303. The van der Waals surface area contributed by atoms with E-state index in [1.54, 1.807) is 42.7 Å². The van der Waals surface area contributed by atoms with Crippen LogP contribution in [0.15, 0.2) is 42.7 Å². The second-order valence-corrected chi connectivity index (χ2v) is 3.32. The summed E-state index contributed by atoms with van der Waals surface area (Å²) in [4.78, 5) is 11.5. The van der Waals surface area contributed by atoms with Gasteiger partial charge in [-0.1, -0.05) is 11.6 Å². The van der Waals surface area contributed by atoms with Crippen LogP contribution in [0.1, 0.15) is 0 Å². The zero-order chi connectivity index (χ0) is 10.7. The SMILES string of the molecule is O=C(Nc1ccc(Cl)cc1)n1cccn1. The average molecular weight is 222 g/mol. The molecule has 1 aromatic heterocycles. The molecule has 1 N–H and O–H groups in total. The van der Waals surface area contributed by atoms with Crippen molar-refractivity contribution in [3.8, 4) is 0 Å². The van der Waals surface area contributed by atoms with Crippen LogP contribution < -0.4 is 5.32 Å². The van der Waals surface area contributed by atoms with Gasteiger partial charge in [0.2, 0.25) is 0 Å². The van der Waals surface area contributed by atoms with Crippen molar-refractivity contribution in [2.45, 2.75) is 0 Å². The second kappa shape index (κ2) is 4.14. The molecule has 1 amide bonds. The third-order valence-corrected chi connectivity index (χ3v) is 2.06. The Kier molecular flexibility index (Phi) is 2.69. The van der Waals surface area contributed by atoms with Crippen molar-refractivity contribution in [3.63, 3.8) is 0 Å². The predicted octanol–water partition coefficient (Wildman–Crippen LogP) is 2.62. The van der Waals surface area contributed by atoms with E-state index in [4.69, 9.17) is 11.6 Å². The van der Waals surface area contributed by atoms with Gasteiger partial charge in [-0.15, -0.1) is 0 Å². The maximum Gasteiger partial charge on any atom is 0.346 e. The second-order valence-electron chi connectivity index (χ2n) is 2.89. The first-order chi connectivity index (χ1) is 7.25. The van der Waals surface area contributed by atoms with Crippen LogP contribution in [0.25, 0.3) is 0 Å². The van der Waals surface area contributed by atoms with Gasteiger partial charge in [0.15, 0.2) is 0 Å². The van der Waals surface area contributed by atoms with Crippen LogP contribution in [0.3, 0.4) is 0 Å². The van der Waals surface area contributed by atoms with Gasteiger partial charge in [-0.25, -0.2) is 4.79 Å². The molecule has 1 heterocycles. The molecular formula is C10H8ClN3O. The molecule has 2 aromatic rings. The maximum absolute atomic E-state index is 11.5. The number of carbonyl (C=O) groups is 1. The normalized spacial score (nSPS) is 9.93. The monoisotopic (exact) mass is 221 g/mol. The maximum atomic E-state index is 11.5. The van der Waals surface area contributed by atoms with Crippen LogP contribution in [0.4, 0.5) is 10.5 Å². The molecule has 4 nitrogen and oxygen atoms in total. The van der Waals surface area contributed by atoms with Crippen LogP contribution in [0.5, 0.6) is 0 Å². The molecule has 15 heavy (non-hydrogen) atoms. The van der Waals surface area contributed by atoms with E-state index in [0.29, 0.717) is 10.7 Å². The number of amides is 1. The molecule has 0 aliphatic heterocycles. The summed E-state index contributed by atoms with van der Waals surface area (Å²) in [6, 6.07) is 8.25. The van der Waals surface area contributed by atoms with E-state index < -0.39 is 0 Å². The van der Waals surface area contributed by atoms with Gasteiger partial charge in [-0.2, -0.15) is 9.78 Å². The van der Waals surface area contributed by atoms with Crippen molar-refractivity contribution in [3.05, 3.63) is 47.7 Å². The number of hydrogen-bond acceptors (Lipinski definition) is 2. The molecule has 0 saturated carbocycles. The van der Waals surface area contributed by atoms with Gasteiger partial charge < -0.3 is 5.32 Å². The topological polar surface area (TPSA) is 46.9 Å². The highest BCUT2D eigenvalue weighted by atomic mass is 35.5. The van der Waals surface area contributed by atoms with Crippen molar-refractivity contribution in [1.82, 2.24) is 9.78 Å². The van der Waals surface area contributed by atoms with Gasteiger partial charge >= 0.3 is 6.03 Å². The van der Waals surface area contributed by atoms with E-state index in [1.807, 2.05) is 0 Å². The zero-order valence-electron chi connectivity index (χ0n) is 7.72. The number of rotatable bonds is 1. The van der Waals surface area contributed by atoms with Crippen LogP contribution in [-0.4, -0.2) is 15.8 Å². The third kappa shape index (κ3) is 2.35. The fourth-order valence-corrected chi connectivity index (χ4v) is 1.23. The Labute approximate surface area is 91.5 Å². The summed E-state index contributed by atoms with van der Waals surface area (Å²) >= 11 is 5.72. The highest BCUT2D eigenvalue weighted by Crippen LogP contribution is 2.13. The Morgan fingerprint density at radius 1 is 1.33 bits per heavy atom. The van der Waals surface area contributed by atoms with Crippen LogP contribution >= 0.6 is 11.6 Å². The molecular weight excluding hydrogens is 214 g/mol. The molecule has 0 fully saturated rings. The Hall–Kier alpha value is -1.81. The molecule has 76 valence electrons. The lowest BCUT2D eigenvalue weighted by atomic mass is 10.3. The van der Waals surface area contributed by atoms with Gasteiger partial charge in [0.1, 0.15) is 0 Å². The van der Waals surface area contributed by atoms with E-state index in [1.165, 1.54) is 4.68 Å². The lowest BCUT2D eigenvalue weighted by molar-refractivity contribution is 0.251. The summed E-state index contributed by atoms with van der Waals surface area (Å²) in [7, 11) is 0. The molecule has 0 aliphatic rings. The fourth-order valence-electron chi connectivity index (χ4n) is 1.10. The number of nitrogens with one attached hydrogen (secondary N) is 1. The number of halogens is 1. The van der Waals surface area contributed by atoms with Crippen molar-refractivity contribution in [2.24, 2.45) is 0 Å². The lowest BCUT2D eigenvalue weighted by Crippen LogP contribution is -2.19. The summed E-state index contributed by atoms with van der Waals surface area (Å²) < 4.78 is 1.22. The number of hydrogen-bond donors (Lipinski definition) is 1. The first-order valence-corrected chi connectivity index (χ1v) is 4.70. The highest BCUT2D eigenvalue weighted by molar-refractivity contribution is 6.30. The van der Waals surface area contributed by atoms with Gasteiger partial charge in [-0.3, -0.25) is 0 Å². The Bertz CT molecular complexity index is 450. The molecule has 0 aliphatic carbocycles. The van der Waals surface area contributed by atoms with E-state index in [2.05, 4.69) is 10.4 Å². The zero-order valence-corrected chi connectivity index (χ0v) is 8.48. The molecule has 0 spiro atoms. The molecule has 0 radical (unpaired) electrons. The molecule has 0 bridgehead atoms. The van der Waals surface area contributed by atoms with Crippen LogP contribution in [-0.2, 0) is 0 Å². The summed E-state index contributed by atoms with van der Waals surface area (Å²) in [5.74, 6) is 0. The first kappa shape index (κ1) is 9.73. The quantitative estimate of drug-likeness (QED) is 0.805. The highest BCUT2D eigenvalue weighted by Gasteiger charge is 2.03. The summed E-state index contributed by atoms with van der Waals surface area (Å²) in [6.07, 6.45) is 3.12. The average Bonchev–Trinajstić information content (AvgIpc) is 2.74. The smallest absolute Gasteiger partial charge is 0.306 e. The summed E-state index contributed by atoms with van der Waals surface area (Å²) in [5, 5.41) is 7.11. The Morgan fingerprint density at radius 3 is 2.67 bits per heavy atom. The minimum atomic E-state index is -0.303. The molecule has 1 aromatic carbocycles. The Balaban J connectivity index is 2.09. The molecule has 0 atom stereocenters. The largest absolute Gasteiger partial charge is 0.346 e. The molecule has 5 heteroatoms.